The van der Waals surface area contributed by atoms with E-state index in [1.54, 1.807) is 25.7 Å². The molecule has 0 radical (unpaired) electrons. The molecule has 0 spiro atoms. The van der Waals surface area contributed by atoms with Gasteiger partial charge < -0.3 is 9.80 Å². The van der Waals surface area contributed by atoms with Gasteiger partial charge in [-0.1, -0.05) is 268 Å². The molecule has 9 rings (SSSR count). The van der Waals surface area contributed by atoms with Crippen molar-refractivity contribution in [3.8, 4) is 0 Å². The number of para-hydroxylation sites is 4. The van der Waals surface area contributed by atoms with E-state index < -0.39 is 0 Å². The van der Waals surface area contributed by atoms with Gasteiger partial charge in [0.1, 0.15) is 0 Å². The summed E-state index contributed by atoms with van der Waals surface area (Å²) in [4.78, 5) is 4.84. The first-order chi connectivity index (χ1) is 31.4. The van der Waals surface area contributed by atoms with Crippen LogP contribution in [0.5, 0.6) is 0 Å². The van der Waals surface area contributed by atoms with Crippen molar-refractivity contribution in [2.45, 2.75) is 189 Å². The zero-order valence-corrected chi connectivity index (χ0v) is 44.3. The van der Waals surface area contributed by atoms with Gasteiger partial charge in [0.05, 0.1) is 0 Å². The van der Waals surface area contributed by atoms with Gasteiger partial charge >= 0.3 is 0 Å². The maximum absolute atomic E-state index is 2.42. The quantitative estimate of drug-likeness (QED) is 0.163. The molecule has 0 atom stereocenters. The molecule has 2 saturated carbocycles. The lowest BCUT2D eigenvalue weighted by atomic mass is 9.33. The first kappa shape index (κ1) is 60.9. The number of benzene rings is 5. The predicted molar refractivity (Wildman–Crippen MR) is 296 cm³/mol. The normalized spacial score (nSPS) is 13.3. The Kier molecular flexibility index (Phi) is 38.0. The van der Waals surface area contributed by atoms with Crippen LogP contribution in [-0.4, -0.2) is 6.71 Å². The summed E-state index contributed by atoms with van der Waals surface area (Å²) < 4.78 is 0. The fourth-order valence-corrected chi connectivity index (χ4v) is 8.76. The number of rotatable bonds is 3. The number of nitrogens with zero attached hydrogens (tertiary/aromatic N) is 2. The Bertz CT molecular complexity index is 1610. The maximum atomic E-state index is 2.42. The molecule has 0 N–H and O–H groups in total. The van der Waals surface area contributed by atoms with Crippen LogP contribution in [0.15, 0.2) is 127 Å². The van der Waals surface area contributed by atoms with Crippen LogP contribution >= 0.6 is 0 Å². The van der Waals surface area contributed by atoms with Gasteiger partial charge in [0, 0.05) is 34.1 Å². The lowest BCUT2D eigenvalue weighted by Gasteiger charge is -2.44. The smallest absolute Gasteiger partial charge is 0.252 e. The number of hydrogen-bond acceptors (Lipinski definition) is 2. The zero-order valence-electron chi connectivity index (χ0n) is 44.3. The monoisotopic (exact) mass is 857 g/mol. The molecule has 2 aliphatic heterocycles. The summed E-state index contributed by atoms with van der Waals surface area (Å²) in [6.45, 7) is 36.2. The largest absolute Gasteiger partial charge is 0.311 e. The van der Waals surface area contributed by atoms with Crippen LogP contribution in [-0.2, 0) is 0 Å². The minimum absolute atomic E-state index is 0.198. The van der Waals surface area contributed by atoms with Crippen LogP contribution < -0.4 is 26.2 Å². The van der Waals surface area contributed by atoms with Crippen LogP contribution in [0.4, 0.5) is 34.1 Å². The molecule has 2 nitrogen and oxygen atoms in total. The summed E-state index contributed by atoms with van der Waals surface area (Å²) in [6, 6.07) is 45.9. The third kappa shape index (κ3) is 16.7. The highest BCUT2D eigenvalue weighted by atomic mass is 15.2. The minimum Gasteiger partial charge on any atom is -0.311 e. The van der Waals surface area contributed by atoms with E-state index in [1.807, 2.05) is 125 Å². The fraction of sp³-hybridized carbons (Fsp3) is 0.500. The second kappa shape index (κ2) is 39.4. The molecule has 0 saturated heterocycles. The van der Waals surface area contributed by atoms with E-state index in [0.29, 0.717) is 0 Å². The van der Waals surface area contributed by atoms with Crippen LogP contribution in [0.2, 0.25) is 0 Å². The molecule has 4 aliphatic rings. The van der Waals surface area contributed by atoms with Crippen molar-refractivity contribution in [2.75, 3.05) is 9.80 Å². The predicted octanol–water partition coefficient (Wildman–Crippen LogP) is 19.2. The van der Waals surface area contributed by atoms with E-state index in [1.165, 1.54) is 89.0 Å². The molecule has 0 aromatic heterocycles. The van der Waals surface area contributed by atoms with Gasteiger partial charge in [-0.2, -0.15) is 0 Å². The third-order valence-electron chi connectivity index (χ3n) is 10.8. The van der Waals surface area contributed by atoms with Crippen molar-refractivity contribution in [1.82, 2.24) is 0 Å². The molecule has 0 unspecified atom stereocenters. The van der Waals surface area contributed by atoms with Crippen molar-refractivity contribution >= 4 is 57.2 Å². The molecule has 350 valence electrons. The maximum Gasteiger partial charge on any atom is 0.252 e. The summed E-state index contributed by atoms with van der Waals surface area (Å²) in [6.07, 6.45) is 15.4. The van der Waals surface area contributed by atoms with E-state index in [0.717, 1.165) is 11.8 Å². The molecule has 2 fully saturated rings. The number of anilines is 6. The average molecular weight is 857 g/mol. The van der Waals surface area contributed by atoms with Crippen molar-refractivity contribution in [3.63, 3.8) is 0 Å². The Hall–Kier alpha value is -4.24. The van der Waals surface area contributed by atoms with Gasteiger partial charge in [-0.3, -0.25) is 0 Å². The summed E-state index contributed by atoms with van der Waals surface area (Å²) in [5.41, 5.74) is 11.4. The Morgan fingerprint density at radius 1 is 0.302 bits per heavy atom. The molecular formula is C60H97BN2. The second-order valence-corrected chi connectivity index (χ2v) is 13.4. The summed E-state index contributed by atoms with van der Waals surface area (Å²) >= 11 is 0. The van der Waals surface area contributed by atoms with E-state index in [9.17, 15) is 0 Å². The van der Waals surface area contributed by atoms with E-state index in [2.05, 4.69) is 137 Å². The van der Waals surface area contributed by atoms with Gasteiger partial charge in [-0.15, -0.1) is 0 Å². The highest BCUT2D eigenvalue weighted by Gasteiger charge is 2.42. The second-order valence-electron chi connectivity index (χ2n) is 13.4. The van der Waals surface area contributed by atoms with Crippen LogP contribution in [0, 0.1) is 11.8 Å². The Balaban J connectivity index is 0. The standard InChI is InChI=1S/C30H21BN2.C12H22.9C2H6/c1-3-12-22(13-4-1)32-26-18-9-7-16-24(26)31-25-17-8-10-19-27(25)33(23-14-5-2-6-15-23)29-21-11-20-28(32)30(29)31;1-3-7-11(8-4-1)12-9-5-2-6-10-12;9*1-2/h1-21H;11-12H,1-10H2;9*1-2H3. The first-order valence-corrected chi connectivity index (χ1v) is 26.4. The average Bonchev–Trinajstić information content (AvgIpc) is 3.42. The van der Waals surface area contributed by atoms with Crippen molar-refractivity contribution < 1.29 is 0 Å². The van der Waals surface area contributed by atoms with E-state index in [4.69, 9.17) is 0 Å². The molecule has 5 aromatic rings. The lowest BCUT2D eigenvalue weighted by Crippen LogP contribution is -2.61. The van der Waals surface area contributed by atoms with Gasteiger partial charge in [0.15, 0.2) is 0 Å². The van der Waals surface area contributed by atoms with E-state index in [-0.39, 0.29) is 6.71 Å². The summed E-state index contributed by atoms with van der Waals surface area (Å²) in [5, 5.41) is 0. The van der Waals surface area contributed by atoms with Gasteiger partial charge in [0.25, 0.3) is 6.71 Å². The zero-order chi connectivity index (χ0) is 48.0. The topological polar surface area (TPSA) is 6.48 Å². The number of fused-ring (bicyclic) bond motifs is 4. The molecule has 3 heteroatoms. The molecular weight excluding hydrogens is 759 g/mol. The Morgan fingerprint density at radius 2 is 0.571 bits per heavy atom. The molecule has 0 amide bonds. The fourth-order valence-electron chi connectivity index (χ4n) is 8.76. The third-order valence-corrected chi connectivity index (χ3v) is 10.8. The molecule has 63 heavy (non-hydrogen) atoms. The van der Waals surface area contributed by atoms with Crippen molar-refractivity contribution in [3.05, 3.63) is 127 Å². The van der Waals surface area contributed by atoms with Crippen LogP contribution in [0.25, 0.3) is 0 Å². The molecule has 2 aliphatic carbocycles. The van der Waals surface area contributed by atoms with Gasteiger partial charge in [0.2, 0.25) is 0 Å². The highest BCUT2D eigenvalue weighted by molar-refractivity contribution is 7.00. The number of hydrogen-bond donors (Lipinski definition) is 0. The first-order valence-electron chi connectivity index (χ1n) is 26.4. The summed E-state index contributed by atoms with van der Waals surface area (Å²) in [7, 11) is 0. The van der Waals surface area contributed by atoms with Gasteiger partial charge in [-0.05, 0) is 76.8 Å². The van der Waals surface area contributed by atoms with Crippen LogP contribution in [0.3, 0.4) is 0 Å². The minimum atomic E-state index is 0.198. The van der Waals surface area contributed by atoms with Crippen LogP contribution in [0.1, 0.15) is 189 Å². The van der Waals surface area contributed by atoms with E-state index >= 15 is 0 Å². The SMILES string of the molecule is C1CCC(C2CCCCC2)CC1.CC.CC.CC.CC.CC.CC.CC.CC.CC.c1ccc(N2c3ccccc3B3c4ccccc4N(c4ccccc4)c4cccc2c43)cc1. The van der Waals surface area contributed by atoms with Crippen molar-refractivity contribution in [1.29, 1.82) is 0 Å². The van der Waals surface area contributed by atoms with Gasteiger partial charge in [-0.25, -0.2) is 0 Å². The van der Waals surface area contributed by atoms with Crippen molar-refractivity contribution in [2.24, 2.45) is 11.8 Å². The molecule has 0 bridgehead atoms. The Morgan fingerprint density at radius 3 is 0.889 bits per heavy atom. The highest BCUT2D eigenvalue weighted by Crippen LogP contribution is 2.43. The molecule has 2 heterocycles. The summed E-state index contributed by atoms with van der Waals surface area (Å²) in [5.74, 6) is 2.28. The lowest BCUT2D eigenvalue weighted by molar-refractivity contribution is 0.196. The Labute approximate surface area is 393 Å². The molecule has 5 aromatic carbocycles.